The van der Waals surface area contributed by atoms with Crippen LogP contribution in [0.25, 0.3) is 0 Å². The Morgan fingerprint density at radius 1 is 1.37 bits per heavy atom. The molecular weight excluding hydrogens is 282 g/mol. The van der Waals surface area contributed by atoms with Gasteiger partial charge in [0.1, 0.15) is 0 Å². The first-order valence-electron chi connectivity index (χ1n) is 6.51. The van der Waals surface area contributed by atoms with Crippen LogP contribution in [0.2, 0.25) is 5.02 Å². The van der Waals surface area contributed by atoms with Gasteiger partial charge in [-0.1, -0.05) is 11.6 Å². The highest BCUT2D eigenvalue weighted by atomic mass is 35.5. The highest BCUT2D eigenvalue weighted by molar-refractivity contribution is 8.00. The van der Waals surface area contributed by atoms with E-state index in [1.54, 1.807) is 0 Å². The molecule has 1 unspecified atom stereocenters. The second-order valence-electron chi connectivity index (χ2n) is 4.54. The molecule has 1 N–H and O–H groups in total. The minimum atomic E-state index is 0.0501. The number of rotatable bonds is 5. The largest absolute Gasteiger partial charge is 0.376 e. The van der Waals surface area contributed by atoms with Gasteiger partial charge in [0.25, 0.3) is 0 Å². The average Bonchev–Trinajstić information content (AvgIpc) is 2.45. The van der Waals surface area contributed by atoms with Gasteiger partial charge in [0.15, 0.2) is 0 Å². The summed E-state index contributed by atoms with van der Waals surface area (Å²) in [5.74, 6) is 0.475. The van der Waals surface area contributed by atoms with Crippen LogP contribution in [0.4, 0.5) is 0 Å². The molecule has 1 heterocycles. The van der Waals surface area contributed by atoms with E-state index in [0.717, 1.165) is 24.3 Å². The Kier molecular flexibility index (Phi) is 6.01. The topological polar surface area (TPSA) is 38.3 Å². The van der Waals surface area contributed by atoms with E-state index in [-0.39, 0.29) is 12.0 Å². The van der Waals surface area contributed by atoms with Gasteiger partial charge in [-0.2, -0.15) is 0 Å². The molecule has 1 aromatic carbocycles. The number of carbonyl (C=O) groups is 1. The predicted octanol–water partition coefficient (Wildman–Crippen LogP) is 3.12. The van der Waals surface area contributed by atoms with Gasteiger partial charge in [0, 0.05) is 23.1 Å². The van der Waals surface area contributed by atoms with Crippen molar-refractivity contribution in [1.82, 2.24) is 5.32 Å². The smallest absolute Gasteiger partial charge is 0.230 e. The van der Waals surface area contributed by atoms with E-state index < -0.39 is 0 Å². The van der Waals surface area contributed by atoms with Crippen molar-refractivity contribution >= 4 is 29.3 Å². The minimum Gasteiger partial charge on any atom is -0.376 e. The normalized spacial score (nSPS) is 19.1. The fourth-order valence-corrected chi connectivity index (χ4v) is 2.78. The number of nitrogens with one attached hydrogen (secondary N) is 1. The zero-order valence-electron chi connectivity index (χ0n) is 10.7. The Balaban J connectivity index is 1.65. The van der Waals surface area contributed by atoms with Crippen molar-refractivity contribution < 1.29 is 9.53 Å². The molecule has 1 atom stereocenters. The van der Waals surface area contributed by atoms with E-state index in [9.17, 15) is 4.79 Å². The summed E-state index contributed by atoms with van der Waals surface area (Å²) in [4.78, 5) is 12.8. The number of hydrogen-bond donors (Lipinski definition) is 1. The molecule has 0 aromatic heterocycles. The fraction of sp³-hybridized carbons (Fsp3) is 0.500. The van der Waals surface area contributed by atoms with Crippen molar-refractivity contribution in [2.24, 2.45) is 0 Å². The minimum absolute atomic E-state index is 0.0501. The van der Waals surface area contributed by atoms with Gasteiger partial charge in [0.2, 0.25) is 5.91 Å². The van der Waals surface area contributed by atoms with E-state index in [2.05, 4.69) is 5.32 Å². The predicted molar refractivity (Wildman–Crippen MR) is 78.8 cm³/mol. The van der Waals surface area contributed by atoms with Crippen LogP contribution >= 0.6 is 23.4 Å². The number of thioether (sulfide) groups is 1. The van der Waals surface area contributed by atoms with Gasteiger partial charge in [-0.25, -0.2) is 0 Å². The zero-order valence-corrected chi connectivity index (χ0v) is 12.3. The summed E-state index contributed by atoms with van der Waals surface area (Å²) in [6.07, 6.45) is 3.57. The third kappa shape index (κ3) is 5.43. The van der Waals surface area contributed by atoms with Crippen LogP contribution in [-0.4, -0.2) is 30.9 Å². The van der Waals surface area contributed by atoms with Gasteiger partial charge < -0.3 is 10.1 Å². The molecule has 3 nitrogen and oxygen atoms in total. The van der Waals surface area contributed by atoms with Crippen molar-refractivity contribution in [2.45, 2.75) is 30.3 Å². The lowest BCUT2D eigenvalue weighted by atomic mass is 10.1. The molecule has 0 radical (unpaired) electrons. The van der Waals surface area contributed by atoms with Crippen molar-refractivity contribution in [1.29, 1.82) is 0 Å². The number of carbonyl (C=O) groups excluding carboxylic acids is 1. The van der Waals surface area contributed by atoms with Crippen LogP contribution in [0.1, 0.15) is 19.3 Å². The lowest BCUT2D eigenvalue weighted by molar-refractivity contribution is -0.119. The standard InChI is InChI=1S/C14H18ClNO2S/c15-11-4-6-13(7-5-11)19-10-14(17)16-9-12-3-1-2-8-18-12/h4-7,12H,1-3,8-10H2,(H,16,17). The molecule has 1 saturated heterocycles. The lowest BCUT2D eigenvalue weighted by Gasteiger charge is -2.22. The first kappa shape index (κ1) is 14.7. The third-order valence-corrected chi connectivity index (χ3v) is 4.25. The molecule has 19 heavy (non-hydrogen) atoms. The highest BCUT2D eigenvalue weighted by Gasteiger charge is 2.14. The Bertz CT molecular complexity index is 404. The first-order valence-corrected chi connectivity index (χ1v) is 7.87. The Labute approximate surface area is 123 Å². The summed E-state index contributed by atoms with van der Waals surface area (Å²) < 4.78 is 5.57. The number of benzene rings is 1. The molecule has 1 fully saturated rings. The van der Waals surface area contributed by atoms with Gasteiger partial charge in [0.05, 0.1) is 11.9 Å². The highest BCUT2D eigenvalue weighted by Crippen LogP contribution is 2.20. The fourth-order valence-electron chi connectivity index (χ4n) is 1.93. The van der Waals surface area contributed by atoms with Gasteiger partial charge in [-0.15, -0.1) is 11.8 Å². The maximum atomic E-state index is 11.7. The number of amides is 1. The summed E-state index contributed by atoms with van der Waals surface area (Å²) in [6, 6.07) is 7.50. The SMILES string of the molecule is O=C(CSc1ccc(Cl)cc1)NCC1CCCCO1. The quantitative estimate of drug-likeness (QED) is 0.849. The zero-order chi connectivity index (χ0) is 13.5. The van der Waals surface area contributed by atoms with Crippen LogP contribution in [-0.2, 0) is 9.53 Å². The molecule has 1 amide bonds. The third-order valence-electron chi connectivity index (χ3n) is 2.98. The summed E-state index contributed by atoms with van der Waals surface area (Å²) in [6.45, 7) is 1.44. The van der Waals surface area contributed by atoms with Crippen LogP contribution < -0.4 is 5.32 Å². The van der Waals surface area contributed by atoms with Crippen LogP contribution in [0.15, 0.2) is 29.2 Å². The number of hydrogen-bond acceptors (Lipinski definition) is 3. The van der Waals surface area contributed by atoms with Crippen molar-refractivity contribution in [2.75, 3.05) is 18.9 Å². The van der Waals surface area contributed by atoms with E-state index in [1.165, 1.54) is 18.2 Å². The van der Waals surface area contributed by atoms with Crippen molar-refractivity contribution in [3.63, 3.8) is 0 Å². The number of ether oxygens (including phenoxy) is 1. The summed E-state index contributed by atoms with van der Waals surface area (Å²) >= 11 is 7.32. The van der Waals surface area contributed by atoms with Gasteiger partial charge >= 0.3 is 0 Å². The number of halogens is 1. The monoisotopic (exact) mass is 299 g/mol. The second kappa shape index (κ2) is 7.78. The van der Waals surface area contributed by atoms with Crippen LogP contribution in [0.3, 0.4) is 0 Å². The molecule has 1 aromatic rings. The first-order chi connectivity index (χ1) is 9.24. The Morgan fingerprint density at radius 2 is 2.16 bits per heavy atom. The van der Waals surface area contributed by atoms with Crippen LogP contribution in [0, 0.1) is 0 Å². The van der Waals surface area contributed by atoms with Gasteiger partial charge in [-0.3, -0.25) is 4.79 Å². The van der Waals surface area contributed by atoms with Crippen LogP contribution in [0.5, 0.6) is 0 Å². The average molecular weight is 300 g/mol. The van der Waals surface area contributed by atoms with Crippen molar-refractivity contribution in [3.05, 3.63) is 29.3 Å². The van der Waals surface area contributed by atoms with Gasteiger partial charge in [-0.05, 0) is 43.5 Å². The molecule has 0 saturated carbocycles. The Morgan fingerprint density at radius 3 is 2.84 bits per heavy atom. The summed E-state index contributed by atoms with van der Waals surface area (Å²) in [5.41, 5.74) is 0. The molecule has 2 rings (SSSR count). The maximum absolute atomic E-state index is 11.7. The van der Waals surface area contributed by atoms with E-state index in [0.29, 0.717) is 17.3 Å². The molecular formula is C14H18ClNO2S. The summed E-state index contributed by atoms with van der Waals surface area (Å²) in [7, 11) is 0. The molecule has 0 bridgehead atoms. The Hall–Kier alpha value is -0.710. The van der Waals surface area contributed by atoms with Crippen molar-refractivity contribution in [3.8, 4) is 0 Å². The second-order valence-corrected chi connectivity index (χ2v) is 6.02. The lowest BCUT2D eigenvalue weighted by Crippen LogP contribution is -2.36. The molecule has 5 heteroatoms. The maximum Gasteiger partial charge on any atom is 0.230 e. The van der Waals surface area contributed by atoms with E-state index in [1.807, 2.05) is 24.3 Å². The molecule has 0 aliphatic carbocycles. The molecule has 104 valence electrons. The molecule has 1 aliphatic rings. The van der Waals surface area contributed by atoms with E-state index in [4.69, 9.17) is 16.3 Å². The van der Waals surface area contributed by atoms with E-state index >= 15 is 0 Å². The molecule has 0 spiro atoms. The summed E-state index contributed by atoms with van der Waals surface area (Å²) in [5, 5.41) is 3.63. The molecule has 1 aliphatic heterocycles.